The van der Waals surface area contributed by atoms with Crippen molar-refractivity contribution in [1.82, 2.24) is 5.32 Å². The van der Waals surface area contributed by atoms with Gasteiger partial charge in [-0.2, -0.15) is 27.2 Å². The van der Waals surface area contributed by atoms with Gasteiger partial charge in [0.15, 0.2) is 9.84 Å². The van der Waals surface area contributed by atoms with Gasteiger partial charge in [-0.1, -0.05) is 12.1 Å². The van der Waals surface area contributed by atoms with Crippen molar-refractivity contribution in [3.63, 3.8) is 0 Å². The van der Waals surface area contributed by atoms with Crippen LogP contribution < -0.4 is 15.0 Å². The monoisotopic (exact) mass is 637 g/mol. The quantitative estimate of drug-likeness (QED) is 0.267. The Bertz CT molecular complexity index is 1580. The van der Waals surface area contributed by atoms with Crippen LogP contribution in [0.5, 0.6) is 5.75 Å². The van der Waals surface area contributed by atoms with Gasteiger partial charge in [0.2, 0.25) is 0 Å². The molecule has 0 bridgehead atoms. The van der Waals surface area contributed by atoms with Gasteiger partial charge in [-0.15, -0.1) is 0 Å². The molecule has 0 radical (unpaired) electrons. The largest absolute Gasteiger partial charge is 0.489 e. The predicted molar refractivity (Wildman–Crippen MR) is 150 cm³/mol. The zero-order valence-corrected chi connectivity index (χ0v) is 24.1. The van der Waals surface area contributed by atoms with Crippen molar-refractivity contribution in [2.75, 3.05) is 24.3 Å². The first-order valence-electron chi connectivity index (χ1n) is 13.3. The zero-order chi connectivity index (χ0) is 32.1. The third-order valence-corrected chi connectivity index (χ3v) is 8.18. The highest BCUT2D eigenvalue weighted by Gasteiger charge is 2.35. The van der Waals surface area contributed by atoms with Crippen molar-refractivity contribution in [1.29, 1.82) is 5.26 Å². The molecule has 0 saturated carbocycles. The number of rotatable bonds is 11. The number of hydrogen-bond donors (Lipinski definition) is 1. The Balaban J connectivity index is 1.46. The van der Waals surface area contributed by atoms with E-state index >= 15 is 0 Å². The number of carbonyl (C=O) groups excluding carboxylic acids is 1. The molecule has 4 rings (SSSR count). The maximum atomic E-state index is 13.0. The van der Waals surface area contributed by atoms with E-state index < -0.39 is 52.3 Å². The average Bonchev–Trinajstić information content (AvgIpc) is 3.37. The number of amides is 1. The van der Waals surface area contributed by atoms with Gasteiger partial charge in [0.1, 0.15) is 11.9 Å². The van der Waals surface area contributed by atoms with Gasteiger partial charge in [-0.05, 0) is 66.2 Å². The van der Waals surface area contributed by atoms with Crippen LogP contribution in [0.3, 0.4) is 0 Å². The molecule has 0 aliphatic carbocycles. The highest BCUT2D eigenvalue weighted by molar-refractivity contribution is 7.90. The maximum absolute atomic E-state index is 13.0. The van der Waals surface area contributed by atoms with Gasteiger partial charge in [-0.3, -0.25) is 4.79 Å². The summed E-state index contributed by atoms with van der Waals surface area (Å²) < 4.78 is 98.2. The molecule has 1 N–H and O–H groups in total. The van der Waals surface area contributed by atoms with Crippen LogP contribution in [-0.4, -0.2) is 52.5 Å². The minimum Gasteiger partial charge on any atom is -0.489 e. The zero-order valence-electron chi connectivity index (χ0n) is 23.3. The molecule has 1 saturated heterocycles. The summed E-state index contributed by atoms with van der Waals surface area (Å²) in [6.07, 6.45) is -3.78. The summed E-state index contributed by atoms with van der Waals surface area (Å²) in [6.45, 7) is -3.11. The molecule has 3 aromatic carbocycles. The van der Waals surface area contributed by atoms with Crippen LogP contribution in [0.25, 0.3) is 0 Å². The summed E-state index contributed by atoms with van der Waals surface area (Å²) >= 11 is 0. The van der Waals surface area contributed by atoms with E-state index in [1.165, 1.54) is 48.5 Å². The van der Waals surface area contributed by atoms with E-state index in [0.29, 0.717) is 11.3 Å². The summed E-state index contributed by atoms with van der Waals surface area (Å²) in [7, 11) is -3.42. The lowest BCUT2D eigenvalue weighted by molar-refractivity contribution is -0.137. The number of benzene rings is 3. The summed E-state index contributed by atoms with van der Waals surface area (Å²) in [6, 6.07) is 17.1. The van der Waals surface area contributed by atoms with Crippen LogP contribution in [0, 0.1) is 11.3 Å². The van der Waals surface area contributed by atoms with Crippen LogP contribution in [0.1, 0.15) is 40.4 Å². The van der Waals surface area contributed by atoms with E-state index in [-0.39, 0.29) is 42.2 Å². The van der Waals surface area contributed by atoms with Gasteiger partial charge >= 0.3 is 12.8 Å². The molecule has 0 unspecified atom stereocenters. The number of anilines is 1. The molecule has 0 aromatic heterocycles. The van der Waals surface area contributed by atoms with Gasteiger partial charge in [0.25, 0.3) is 5.91 Å². The van der Waals surface area contributed by atoms with E-state index in [1.54, 1.807) is 17.0 Å². The van der Waals surface area contributed by atoms with E-state index in [2.05, 4.69) is 10.1 Å². The first kappa shape index (κ1) is 32.7. The summed E-state index contributed by atoms with van der Waals surface area (Å²) in [4.78, 5) is 14.9. The van der Waals surface area contributed by atoms with Crippen LogP contribution in [-0.2, 0) is 20.8 Å². The molecule has 1 heterocycles. The molecule has 3 aromatic rings. The SMILES string of the molecule is CS(=O)(=O)c1ccc([C@H](CC#N)NC(=O)c2ccc(N3C[C@@H](Oc4ccc(C(F)(F)F)cc4)C[C@H]3COC(F)F)cc2)cc1. The fourth-order valence-corrected chi connectivity index (χ4v) is 5.50. The normalized spacial score (nSPS) is 17.7. The average molecular weight is 638 g/mol. The number of hydrogen-bond acceptors (Lipinski definition) is 7. The highest BCUT2D eigenvalue weighted by Crippen LogP contribution is 2.33. The molecule has 0 spiro atoms. The number of alkyl halides is 5. The fraction of sp³-hybridized carbons (Fsp3) is 0.333. The molecule has 1 amide bonds. The molecule has 44 heavy (non-hydrogen) atoms. The standard InChI is InChI=1S/C30H28F5N3O5S/c1-44(40,41)26-12-4-19(5-13-26)27(14-15-36)37-28(39)20-2-8-22(9-3-20)38-17-25(16-23(38)18-42-29(31)32)43-24-10-6-21(7-11-24)30(33,34)35/h2-13,23,25,27,29H,14,16-18H2,1H3,(H,37,39)/t23-,25-,27-/m0/s1. The third-order valence-electron chi connectivity index (χ3n) is 7.05. The fourth-order valence-electron chi connectivity index (χ4n) is 4.87. The smallest absolute Gasteiger partial charge is 0.416 e. The van der Waals surface area contributed by atoms with Crippen molar-refractivity contribution in [2.24, 2.45) is 0 Å². The van der Waals surface area contributed by atoms with Crippen molar-refractivity contribution < 1.29 is 44.6 Å². The van der Waals surface area contributed by atoms with Gasteiger partial charge in [0, 0.05) is 23.9 Å². The summed E-state index contributed by atoms with van der Waals surface area (Å²) in [5, 5.41) is 12.0. The third kappa shape index (κ3) is 8.45. The molecule has 3 atom stereocenters. The molecular weight excluding hydrogens is 609 g/mol. The maximum Gasteiger partial charge on any atom is 0.416 e. The van der Waals surface area contributed by atoms with E-state index in [4.69, 9.17) is 4.74 Å². The lowest BCUT2D eigenvalue weighted by Gasteiger charge is -2.26. The van der Waals surface area contributed by atoms with Crippen LogP contribution in [0.2, 0.25) is 0 Å². The Morgan fingerprint density at radius 1 is 1.05 bits per heavy atom. The predicted octanol–water partition coefficient (Wildman–Crippen LogP) is 5.76. The number of nitrogens with one attached hydrogen (secondary N) is 1. The number of carbonyl (C=O) groups is 1. The van der Waals surface area contributed by atoms with Crippen molar-refractivity contribution >= 4 is 21.4 Å². The van der Waals surface area contributed by atoms with E-state index in [0.717, 1.165) is 18.4 Å². The Kier molecular flexibility index (Phi) is 10.1. The molecule has 1 aliphatic heterocycles. The van der Waals surface area contributed by atoms with Crippen LogP contribution in [0.4, 0.5) is 27.6 Å². The Hall–Kier alpha value is -4.22. The second-order valence-corrected chi connectivity index (χ2v) is 12.2. The molecule has 14 heteroatoms. The second kappa shape index (κ2) is 13.6. The molecule has 234 valence electrons. The van der Waals surface area contributed by atoms with Crippen molar-refractivity contribution in [3.8, 4) is 11.8 Å². The van der Waals surface area contributed by atoms with E-state index in [1.807, 2.05) is 6.07 Å². The summed E-state index contributed by atoms with van der Waals surface area (Å²) in [5.74, 6) is -0.296. The van der Waals surface area contributed by atoms with Crippen molar-refractivity contribution in [2.45, 2.75) is 48.7 Å². The van der Waals surface area contributed by atoms with Gasteiger partial charge in [-0.25, -0.2) is 8.42 Å². The van der Waals surface area contributed by atoms with E-state index in [9.17, 15) is 40.4 Å². The minimum absolute atomic E-state index is 0.0675. The topological polar surface area (TPSA) is 109 Å². The second-order valence-electron chi connectivity index (χ2n) is 10.2. The first-order chi connectivity index (χ1) is 20.7. The number of sulfone groups is 1. The summed E-state index contributed by atoms with van der Waals surface area (Å²) in [5.41, 5.74) is 0.547. The Morgan fingerprint density at radius 2 is 1.68 bits per heavy atom. The first-order valence-corrected chi connectivity index (χ1v) is 15.2. The minimum atomic E-state index is -4.49. The molecular formula is C30H28F5N3O5S. The van der Waals surface area contributed by atoms with Gasteiger partial charge < -0.3 is 19.7 Å². The lowest BCUT2D eigenvalue weighted by Crippen LogP contribution is -2.34. The Labute approximate surface area is 250 Å². The van der Waals surface area contributed by atoms with Gasteiger partial charge in [0.05, 0.1) is 48.2 Å². The van der Waals surface area contributed by atoms with Crippen LogP contribution >= 0.6 is 0 Å². The number of ether oxygens (including phenoxy) is 2. The van der Waals surface area contributed by atoms with Crippen LogP contribution in [0.15, 0.2) is 77.7 Å². The molecule has 1 fully saturated rings. The van der Waals surface area contributed by atoms with Crippen molar-refractivity contribution in [3.05, 3.63) is 89.5 Å². The Morgan fingerprint density at radius 3 is 2.23 bits per heavy atom. The number of nitrogens with zero attached hydrogens (tertiary/aromatic N) is 2. The number of halogens is 5. The molecule has 1 aliphatic rings. The highest BCUT2D eigenvalue weighted by atomic mass is 32.2. The molecule has 8 nitrogen and oxygen atoms in total. The number of nitriles is 1. The lowest BCUT2D eigenvalue weighted by atomic mass is 10.0.